The average Bonchev–Trinajstić information content (AvgIpc) is 2.59. The van der Waals surface area contributed by atoms with Crippen LogP contribution < -0.4 is 4.74 Å². The van der Waals surface area contributed by atoms with E-state index < -0.39 is 0 Å². The zero-order valence-corrected chi connectivity index (χ0v) is 10.4. The van der Waals surface area contributed by atoms with Gasteiger partial charge in [0.25, 0.3) is 0 Å². The van der Waals surface area contributed by atoms with Crippen molar-refractivity contribution < 1.29 is 9.53 Å². The number of carbonyl (C=O) groups excluding carboxylic acids is 1. The molecule has 72 valence electrons. The first-order valence-electron chi connectivity index (χ1n) is 3.97. The second-order valence-corrected chi connectivity index (χ2v) is 5.12. The summed E-state index contributed by atoms with van der Waals surface area (Å²) >= 11 is 3.70. The summed E-state index contributed by atoms with van der Waals surface area (Å²) in [6.45, 7) is 0. The highest BCUT2D eigenvalue weighted by Gasteiger charge is 2.07. The van der Waals surface area contributed by atoms with Crippen LogP contribution in [0.3, 0.4) is 0 Å². The number of thiophene rings is 1. The maximum absolute atomic E-state index is 10.6. The maximum atomic E-state index is 10.6. The molecular weight excluding hydrogens is 311 g/mol. The summed E-state index contributed by atoms with van der Waals surface area (Å²) < 4.78 is 7.41. The summed E-state index contributed by atoms with van der Waals surface area (Å²) in [6.07, 6.45) is 0.872. The SMILES string of the molecule is COc1cc(I)cc2cc(C=O)sc12. The van der Waals surface area contributed by atoms with Crippen molar-refractivity contribution in [2.24, 2.45) is 0 Å². The first-order chi connectivity index (χ1) is 6.74. The van der Waals surface area contributed by atoms with Crippen molar-refractivity contribution in [1.82, 2.24) is 0 Å². The molecule has 1 aromatic carbocycles. The van der Waals surface area contributed by atoms with E-state index in [9.17, 15) is 4.79 Å². The third kappa shape index (κ3) is 1.64. The van der Waals surface area contributed by atoms with Gasteiger partial charge in [-0.3, -0.25) is 4.79 Å². The van der Waals surface area contributed by atoms with E-state index in [0.717, 1.165) is 30.6 Å². The lowest BCUT2D eigenvalue weighted by Crippen LogP contribution is -1.83. The topological polar surface area (TPSA) is 26.3 Å². The number of benzene rings is 1. The molecule has 0 N–H and O–H groups in total. The highest BCUT2D eigenvalue weighted by Crippen LogP contribution is 2.34. The highest BCUT2D eigenvalue weighted by atomic mass is 127. The molecule has 1 aromatic heterocycles. The normalized spacial score (nSPS) is 10.4. The number of aldehydes is 1. The van der Waals surface area contributed by atoms with Crippen LogP contribution in [-0.4, -0.2) is 13.4 Å². The summed E-state index contributed by atoms with van der Waals surface area (Å²) in [7, 11) is 1.64. The van der Waals surface area contributed by atoms with Gasteiger partial charge in [0, 0.05) is 3.57 Å². The first-order valence-corrected chi connectivity index (χ1v) is 5.86. The number of hydrogen-bond donors (Lipinski definition) is 0. The van der Waals surface area contributed by atoms with E-state index >= 15 is 0 Å². The molecule has 4 heteroatoms. The van der Waals surface area contributed by atoms with Gasteiger partial charge in [-0.1, -0.05) is 0 Å². The van der Waals surface area contributed by atoms with E-state index in [2.05, 4.69) is 22.6 Å². The zero-order chi connectivity index (χ0) is 10.1. The summed E-state index contributed by atoms with van der Waals surface area (Å²) in [5.74, 6) is 0.838. The Morgan fingerprint density at radius 1 is 1.43 bits per heavy atom. The quantitative estimate of drug-likeness (QED) is 0.627. The van der Waals surface area contributed by atoms with Gasteiger partial charge in [0.2, 0.25) is 0 Å². The van der Waals surface area contributed by atoms with Crippen LogP contribution in [0.1, 0.15) is 9.67 Å². The third-order valence-electron chi connectivity index (χ3n) is 1.90. The van der Waals surface area contributed by atoms with Gasteiger partial charge in [0.1, 0.15) is 5.75 Å². The van der Waals surface area contributed by atoms with Crippen LogP contribution in [-0.2, 0) is 0 Å². The predicted octanol–water partition coefficient (Wildman–Crippen LogP) is 3.33. The number of methoxy groups -OCH3 is 1. The van der Waals surface area contributed by atoms with Crippen LogP contribution in [0.2, 0.25) is 0 Å². The molecule has 0 radical (unpaired) electrons. The van der Waals surface area contributed by atoms with E-state index in [1.165, 1.54) is 11.3 Å². The molecule has 0 saturated carbocycles. The number of halogens is 1. The largest absolute Gasteiger partial charge is 0.495 e. The molecule has 2 aromatic rings. The van der Waals surface area contributed by atoms with E-state index in [0.29, 0.717) is 0 Å². The third-order valence-corrected chi connectivity index (χ3v) is 3.62. The second-order valence-electron chi connectivity index (χ2n) is 2.79. The lowest BCUT2D eigenvalue weighted by atomic mass is 10.2. The Morgan fingerprint density at radius 2 is 2.21 bits per heavy atom. The molecule has 0 atom stereocenters. The second kappa shape index (κ2) is 3.86. The maximum Gasteiger partial charge on any atom is 0.160 e. The molecule has 0 spiro atoms. The van der Waals surface area contributed by atoms with Gasteiger partial charge in [0.15, 0.2) is 6.29 Å². The lowest BCUT2D eigenvalue weighted by molar-refractivity contribution is 0.112. The Bertz CT molecular complexity index is 490. The van der Waals surface area contributed by atoms with E-state index in [4.69, 9.17) is 4.74 Å². The van der Waals surface area contributed by atoms with Crippen molar-refractivity contribution in [2.45, 2.75) is 0 Å². The zero-order valence-electron chi connectivity index (χ0n) is 7.41. The van der Waals surface area contributed by atoms with E-state index in [-0.39, 0.29) is 0 Å². The molecular formula is C10H7IO2S. The van der Waals surface area contributed by atoms with Crippen LogP contribution in [0, 0.1) is 3.57 Å². The number of ether oxygens (including phenoxy) is 1. The molecule has 1 heterocycles. The van der Waals surface area contributed by atoms with Crippen LogP contribution in [0.15, 0.2) is 18.2 Å². The molecule has 0 aliphatic heterocycles. The summed E-state index contributed by atoms with van der Waals surface area (Å²) in [5.41, 5.74) is 0. The molecule has 2 nitrogen and oxygen atoms in total. The fraction of sp³-hybridized carbons (Fsp3) is 0.100. The fourth-order valence-electron chi connectivity index (χ4n) is 1.32. The summed E-state index contributed by atoms with van der Waals surface area (Å²) in [4.78, 5) is 11.4. The molecule has 0 saturated heterocycles. The van der Waals surface area contributed by atoms with E-state index in [1.807, 2.05) is 18.2 Å². The molecule has 0 fully saturated rings. The standard InChI is InChI=1S/C10H7IO2S/c1-13-9-4-7(11)2-6-3-8(5-12)14-10(6)9/h2-5H,1H3. The monoisotopic (exact) mass is 318 g/mol. The van der Waals surface area contributed by atoms with Gasteiger partial charge in [-0.25, -0.2) is 0 Å². The van der Waals surface area contributed by atoms with Crippen molar-refractivity contribution in [3.63, 3.8) is 0 Å². The number of hydrogen-bond acceptors (Lipinski definition) is 3. The first kappa shape index (κ1) is 9.92. The summed E-state index contributed by atoms with van der Waals surface area (Å²) in [5, 5.41) is 1.07. The molecule has 0 aliphatic carbocycles. The van der Waals surface area contributed by atoms with Gasteiger partial charge < -0.3 is 4.74 Å². The minimum atomic E-state index is 0.736. The van der Waals surface area contributed by atoms with Crippen molar-refractivity contribution in [3.8, 4) is 5.75 Å². The van der Waals surface area contributed by atoms with Gasteiger partial charge in [0.05, 0.1) is 16.7 Å². The number of fused-ring (bicyclic) bond motifs is 1. The van der Waals surface area contributed by atoms with Crippen molar-refractivity contribution >= 4 is 50.3 Å². The molecule has 0 amide bonds. The Hall–Kier alpha value is -0.620. The fourth-order valence-corrected chi connectivity index (χ4v) is 2.88. The van der Waals surface area contributed by atoms with Crippen LogP contribution in [0.25, 0.3) is 10.1 Å². The average molecular weight is 318 g/mol. The van der Waals surface area contributed by atoms with Gasteiger partial charge in [-0.2, -0.15) is 0 Å². The van der Waals surface area contributed by atoms with Crippen molar-refractivity contribution in [3.05, 3.63) is 26.6 Å². The molecule has 0 bridgehead atoms. The molecule has 2 rings (SSSR count). The number of carbonyl (C=O) groups is 1. The Balaban J connectivity index is 2.77. The smallest absolute Gasteiger partial charge is 0.160 e. The van der Waals surface area contributed by atoms with E-state index in [1.54, 1.807) is 7.11 Å². The van der Waals surface area contributed by atoms with Gasteiger partial charge in [-0.05, 0) is 46.2 Å². The predicted molar refractivity (Wildman–Crippen MR) is 66.5 cm³/mol. The van der Waals surface area contributed by atoms with Crippen molar-refractivity contribution in [1.29, 1.82) is 0 Å². The Kier molecular flexibility index (Phi) is 2.73. The van der Waals surface area contributed by atoms with Crippen molar-refractivity contribution in [2.75, 3.05) is 7.11 Å². The molecule has 0 aliphatic rings. The van der Waals surface area contributed by atoms with Crippen LogP contribution in [0.4, 0.5) is 0 Å². The Morgan fingerprint density at radius 3 is 2.86 bits per heavy atom. The minimum Gasteiger partial charge on any atom is -0.495 e. The van der Waals surface area contributed by atoms with Gasteiger partial charge >= 0.3 is 0 Å². The molecule has 0 unspecified atom stereocenters. The Labute approximate surface area is 99.0 Å². The highest BCUT2D eigenvalue weighted by molar-refractivity contribution is 14.1. The van der Waals surface area contributed by atoms with Crippen LogP contribution >= 0.6 is 33.9 Å². The summed E-state index contributed by atoms with van der Waals surface area (Å²) in [6, 6.07) is 5.90. The van der Waals surface area contributed by atoms with Gasteiger partial charge in [-0.15, -0.1) is 11.3 Å². The number of rotatable bonds is 2. The molecule has 14 heavy (non-hydrogen) atoms. The minimum absolute atomic E-state index is 0.736. The lowest BCUT2D eigenvalue weighted by Gasteiger charge is -2.01. The van der Waals surface area contributed by atoms with Crippen LogP contribution in [0.5, 0.6) is 5.75 Å².